The quantitative estimate of drug-likeness (QED) is 0.716. The molecular formula is C20H21N5O2. The molecule has 1 fully saturated rings. The highest BCUT2D eigenvalue weighted by molar-refractivity contribution is 6.01. The van der Waals surface area contributed by atoms with Gasteiger partial charge in [-0.1, -0.05) is 6.07 Å². The van der Waals surface area contributed by atoms with Gasteiger partial charge >= 0.3 is 0 Å². The van der Waals surface area contributed by atoms with Crippen LogP contribution in [-0.4, -0.2) is 44.4 Å². The van der Waals surface area contributed by atoms with E-state index in [1.165, 1.54) is 0 Å². The third-order valence-corrected chi connectivity index (χ3v) is 5.96. The van der Waals surface area contributed by atoms with Gasteiger partial charge in [0.05, 0.1) is 18.3 Å². The van der Waals surface area contributed by atoms with Gasteiger partial charge < -0.3 is 14.6 Å². The van der Waals surface area contributed by atoms with Gasteiger partial charge in [-0.15, -0.1) is 0 Å². The average molecular weight is 363 g/mol. The topological polar surface area (TPSA) is 84.0 Å². The number of nitrogens with zero attached hydrogens (tertiary/aromatic N) is 4. The maximum Gasteiger partial charge on any atom is 0.182 e. The van der Waals surface area contributed by atoms with Gasteiger partial charge in [0.15, 0.2) is 17.2 Å². The largest absolute Gasteiger partial charge is 0.486 e. The molecule has 0 amide bonds. The minimum Gasteiger partial charge on any atom is -0.486 e. The lowest BCUT2D eigenvalue weighted by Crippen LogP contribution is -2.51. The van der Waals surface area contributed by atoms with E-state index in [-0.39, 0.29) is 5.78 Å². The van der Waals surface area contributed by atoms with E-state index < -0.39 is 5.60 Å². The molecule has 2 aliphatic rings. The summed E-state index contributed by atoms with van der Waals surface area (Å²) >= 11 is 0. The van der Waals surface area contributed by atoms with Crippen molar-refractivity contribution in [3.63, 3.8) is 0 Å². The minimum absolute atomic E-state index is 0.186. The third-order valence-electron chi connectivity index (χ3n) is 5.96. The van der Waals surface area contributed by atoms with Crippen molar-refractivity contribution in [1.82, 2.24) is 19.9 Å². The summed E-state index contributed by atoms with van der Waals surface area (Å²) in [5, 5.41) is 0. The maximum absolute atomic E-state index is 12.8. The Morgan fingerprint density at radius 2 is 1.96 bits per heavy atom. The number of hydrogen-bond donors (Lipinski definition) is 1. The summed E-state index contributed by atoms with van der Waals surface area (Å²) < 4.78 is 6.50. The van der Waals surface area contributed by atoms with Crippen LogP contribution in [-0.2, 0) is 0 Å². The van der Waals surface area contributed by atoms with Crippen molar-refractivity contribution in [2.24, 2.45) is 0 Å². The number of carbonyl (C=O) groups is 1. The number of rotatable bonds is 1. The lowest BCUT2D eigenvalue weighted by Gasteiger charge is -2.44. The standard InChI is InChI=1S/C20H21N5O2/c1-12-3-4-14-15(26)9-20(27-17(14)13(12)2)5-7-25(8-6-20)19-16-18(22-10-21-16)23-11-24-19/h3-4,10-11H,5-9H2,1-2H3,(H,21,22,23,24). The van der Waals surface area contributed by atoms with Gasteiger partial charge in [-0.3, -0.25) is 4.79 Å². The summed E-state index contributed by atoms with van der Waals surface area (Å²) in [7, 11) is 0. The summed E-state index contributed by atoms with van der Waals surface area (Å²) in [4.78, 5) is 31.0. The molecule has 4 heterocycles. The van der Waals surface area contributed by atoms with E-state index in [0.29, 0.717) is 12.1 Å². The fraction of sp³-hybridized carbons (Fsp3) is 0.400. The van der Waals surface area contributed by atoms with E-state index in [2.05, 4.69) is 31.8 Å². The number of benzene rings is 1. The molecule has 0 aliphatic carbocycles. The molecule has 1 aromatic carbocycles. The van der Waals surface area contributed by atoms with Crippen LogP contribution in [0, 0.1) is 13.8 Å². The highest BCUT2D eigenvalue weighted by atomic mass is 16.5. The number of aromatic amines is 1. The van der Waals surface area contributed by atoms with Crippen LogP contribution in [0.25, 0.3) is 11.2 Å². The number of Topliss-reactive ketones (excluding diaryl/α,β-unsaturated/α-hetero) is 1. The Bertz CT molecular complexity index is 1050. The zero-order chi connectivity index (χ0) is 18.6. The molecule has 1 saturated heterocycles. The van der Waals surface area contributed by atoms with Crippen LogP contribution in [0.5, 0.6) is 5.75 Å². The fourth-order valence-corrected chi connectivity index (χ4v) is 4.18. The van der Waals surface area contributed by atoms with Crippen LogP contribution in [0.15, 0.2) is 24.8 Å². The highest BCUT2D eigenvalue weighted by Crippen LogP contribution is 2.42. The van der Waals surface area contributed by atoms with Gasteiger partial charge in [0.2, 0.25) is 0 Å². The van der Waals surface area contributed by atoms with Crippen molar-refractivity contribution in [3.8, 4) is 5.75 Å². The van der Waals surface area contributed by atoms with Gasteiger partial charge in [-0.25, -0.2) is 15.0 Å². The predicted molar refractivity (Wildman–Crippen MR) is 101 cm³/mol. The van der Waals surface area contributed by atoms with Crippen molar-refractivity contribution in [3.05, 3.63) is 41.5 Å². The molecule has 27 heavy (non-hydrogen) atoms. The van der Waals surface area contributed by atoms with Crippen LogP contribution < -0.4 is 9.64 Å². The zero-order valence-corrected chi connectivity index (χ0v) is 15.5. The number of ketones is 1. The molecule has 0 radical (unpaired) electrons. The van der Waals surface area contributed by atoms with Gasteiger partial charge in [0.25, 0.3) is 0 Å². The van der Waals surface area contributed by atoms with E-state index in [4.69, 9.17) is 4.74 Å². The Morgan fingerprint density at radius 1 is 1.15 bits per heavy atom. The van der Waals surface area contributed by atoms with Crippen molar-refractivity contribution in [2.45, 2.75) is 38.7 Å². The normalized spacial score (nSPS) is 18.6. The van der Waals surface area contributed by atoms with E-state index in [0.717, 1.165) is 59.7 Å². The molecule has 1 N–H and O–H groups in total. The second-order valence-corrected chi connectivity index (χ2v) is 7.55. The number of H-pyrrole nitrogens is 1. The van der Waals surface area contributed by atoms with E-state index in [1.807, 2.05) is 19.1 Å². The molecule has 2 aromatic heterocycles. The van der Waals surface area contributed by atoms with Gasteiger partial charge in [-0.05, 0) is 31.0 Å². The molecule has 0 atom stereocenters. The number of fused-ring (bicyclic) bond motifs is 2. The highest BCUT2D eigenvalue weighted by Gasteiger charge is 2.44. The van der Waals surface area contributed by atoms with Crippen LogP contribution in [0.1, 0.15) is 40.7 Å². The molecular weight excluding hydrogens is 342 g/mol. The number of nitrogens with one attached hydrogen (secondary N) is 1. The Balaban J connectivity index is 1.42. The molecule has 138 valence electrons. The maximum atomic E-state index is 12.8. The predicted octanol–water partition coefficient (Wildman–Crippen LogP) is 2.97. The second-order valence-electron chi connectivity index (χ2n) is 7.55. The molecule has 7 nitrogen and oxygen atoms in total. The number of aryl methyl sites for hydroxylation is 1. The first-order valence-electron chi connectivity index (χ1n) is 9.28. The lowest BCUT2D eigenvalue weighted by molar-refractivity contribution is 0.0225. The van der Waals surface area contributed by atoms with E-state index in [1.54, 1.807) is 12.7 Å². The van der Waals surface area contributed by atoms with Crippen LogP contribution in [0.2, 0.25) is 0 Å². The van der Waals surface area contributed by atoms with Crippen LogP contribution in [0.3, 0.4) is 0 Å². The Hall–Kier alpha value is -2.96. The number of ether oxygens (including phenoxy) is 1. The van der Waals surface area contributed by atoms with Crippen molar-refractivity contribution in [1.29, 1.82) is 0 Å². The Labute approximate surface area is 156 Å². The van der Waals surface area contributed by atoms with Crippen molar-refractivity contribution in [2.75, 3.05) is 18.0 Å². The molecule has 7 heteroatoms. The number of hydrogen-bond acceptors (Lipinski definition) is 6. The molecule has 0 unspecified atom stereocenters. The molecule has 5 rings (SSSR count). The molecule has 3 aromatic rings. The Kier molecular flexibility index (Phi) is 3.47. The van der Waals surface area contributed by atoms with Gasteiger partial charge in [-0.2, -0.15) is 0 Å². The van der Waals surface area contributed by atoms with Crippen LogP contribution in [0.4, 0.5) is 5.82 Å². The summed E-state index contributed by atoms with van der Waals surface area (Å²) in [5.41, 5.74) is 4.05. The SMILES string of the molecule is Cc1ccc2c(c1C)OC1(CCN(c3ncnc4nc[nH]c34)CC1)CC2=O. The van der Waals surface area contributed by atoms with E-state index in [9.17, 15) is 4.79 Å². The van der Waals surface area contributed by atoms with E-state index >= 15 is 0 Å². The monoisotopic (exact) mass is 363 g/mol. The van der Waals surface area contributed by atoms with Crippen LogP contribution >= 0.6 is 0 Å². The molecule has 2 aliphatic heterocycles. The molecule has 0 saturated carbocycles. The molecule has 1 spiro atoms. The third kappa shape index (κ3) is 2.49. The Morgan fingerprint density at radius 3 is 2.78 bits per heavy atom. The minimum atomic E-state index is -0.417. The van der Waals surface area contributed by atoms with Gasteiger partial charge in [0.1, 0.15) is 23.2 Å². The smallest absolute Gasteiger partial charge is 0.182 e. The average Bonchev–Trinajstić information content (AvgIpc) is 3.15. The second kappa shape index (κ2) is 5.77. The number of anilines is 1. The first-order valence-corrected chi connectivity index (χ1v) is 9.28. The van der Waals surface area contributed by atoms with Crippen molar-refractivity contribution >= 4 is 22.8 Å². The summed E-state index contributed by atoms with van der Waals surface area (Å²) in [6.07, 6.45) is 5.20. The number of carbonyl (C=O) groups excluding carboxylic acids is 1. The zero-order valence-electron chi connectivity index (χ0n) is 15.5. The van der Waals surface area contributed by atoms with Gasteiger partial charge in [0, 0.05) is 25.9 Å². The number of imidazole rings is 1. The lowest BCUT2D eigenvalue weighted by atomic mass is 9.81. The fourth-order valence-electron chi connectivity index (χ4n) is 4.18. The van der Waals surface area contributed by atoms with Crippen molar-refractivity contribution < 1.29 is 9.53 Å². The summed E-state index contributed by atoms with van der Waals surface area (Å²) in [6, 6.07) is 3.90. The summed E-state index contributed by atoms with van der Waals surface area (Å²) in [5.74, 6) is 1.82. The number of piperidine rings is 1. The summed E-state index contributed by atoms with van der Waals surface area (Å²) in [6.45, 7) is 5.64. The first kappa shape index (κ1) is 16.2. The first-order chi connectivity index (χ1) is 13.1. The molecule has 0 bridgehead atoms. The number of aromatic nitrogens is 4.